The molecule has 0 aliphatic carbocycles. The smallest absolute Gasteiger partial charge is 0.00791 e. The number of hydrogen-bond acceptors (Lipinski definition) is 2. The van der Waals surface area contributed by atoms with E-state index in [4.69, 9.17) is 0 Å². The molecule has 0 spiro atoms. The zero-order chi connectivity index (χ0) is 12.9. The fourth-order valence-corrected chi connectivity index (χ4v) is 2.11. The van der Waals surface area contributed by atoms with Gasteiger partial charge in [0.1, 0.15) is 0 Å². The van der Waals surface area contributed by atoms with E-state index in [1.807, 2.05) is 0 Å². The molecule has 0 aromatic rings. The summed E-state index contributed by atoms with van der Waals surface area (Å²) in [5.41, 5.74) is 0.718. The van der Waals surface area contributed by atoms with Gasteiger partial charge in [0.05, 0.1) is 0 Å². The first kappa shape index (κ1) is 15.0. The predicted molar refractivity (Wildman–Crippen MR) is 76.4 cm³/mol. The second-order valence-electron chi connectivity index (χ2n) is 7.25. The van der Waals surface area contributed by atoms with Gasteiger partial charge in [-0.1, -0.05) is 41.0 Å². The molecular weight excluding hydrogens is 208 g/mol. The average molecular weight is 240 g/mol. The first-order chi connectivity index (χ1) is 7.83. The molecule has 1 aliphatic heterocycles. The molecule has 17 heavy (non-hydrogen) atoms. The van der Waals surface area contributed by atoms with Crippen molar-refractivity contribution in [1.29, 1.82) is 0 Å². The number of piperidine rings is 1. The molecule has 1 saturated heterocycles. The Morgan fingerprint density at radius 1 is 1.12 bits per heavy atom. The van der Waals surface area contributed by atoms with Crippen molar-refractivity contribution in [3.8, 4) is 0 Å². The highest BCUT2D eigenvalue weighted by atomic mass is 14.9. The van der Waals surface area contributed by atoms with Crippen molar-refractivity contribution in [3.63, 3.8) is 0 Å². The quantitative estimate of drug-likeness (QED) is 0.721. The number of rotatable bonds is 5. The van der Waals surface area contributed by atoms with Crippen molar-refractivity contribution in [2.24, 2.45) is 10.8 Å². The Morgan fingerprint density at radius 3 is 2.35 bits per heavy atom. The highest BCUT2D eigenvalue weighted by Crippen LogP contribution is 2.36. The Bertz CT molecular complexity index is 209. The molecule has 1 atom stereocenters. The Balaban J connectivity index is 2.15. The Hall–Kier alpha value is -0.0800. The zero-order valence-electron chi connectivity index (χ0n) is 12.5. The lowest BCUT2D eigenvalue weighted by Gasteiger charge is -2.39. The normalized spacial score (nSPS) is 22.8. The fourth-order valence-electron chi connectivity index (χ4n) is 2.11. The van der Waals surface area contributed by atoms with Crippen LogP contribution in [0.1, 0.15) is 60.3 Å². The van der Waals surface area contributed by atoms with Crippen LogP contribution in [0.3, 0.4) is 0 Å². The van der Waals surface area contributed by atoms with Gasteiger partial charge in [0, 0.05) is 12.6 Å². The van der Waals surface area contributed by atoms with Crippen LogP contribution in [0.5, 0.6) is 0 Å². The molecule has 0 saturated carbocycles. The van der Waals surface area contributed by atoms with Gasteiger partial charge < -0.3 is 10.6 Å². The van der Waals surface area contributed by atoms with E-state index in [-0.39, 0.29) is 0 Å². The maximum absolute atomic E-state index is 3.64. The van der Waals surface area contributed by atoms with Gasteiger partial charge in [0.25, 0.3) is 0 Å². The second-order valence-corrected chi connectivity index (χ2v) is 7.25. The van der Waals surface area contributed by atoms with Crippen LogP contribution < -0.4 is 10.6 Å². The molecule has 2 nitrogen and oxygen atoms in total. The lowest BCUT2D eigenvalue weighted by atomic mass is 9.69. The molecule has 1 fully saturated rings. The molecule has 0 aromatic heterocycles. The third-order valence-corrected chi connectivity index (χ3v) is 4.68. The third kappa shape index (κ3) is 4.97. The van der Waals surface area contributed by atoms with Crippen LogP contribution in [0.15, 0.2) is 0 Å². The van der Waals surface area contributed by atoms with Crippen LogP contribution in [-0.4, -0.2) is 25.7 Å². The van der Waals surface area contributed by atoms with Gasteiger partial charge in [-0.3, -0.25) is 0 Å². The number of nitrogens with one attached hydrogen (secondary N) is 2. The molecule has 0 aromatic carbocycles. The van der Waals surface area contributed by atoms with Crippen molar-refractivity contribution >= 4 is 0 Å². The Labute approximate surface area is 108 Å². The molecule has 1 rings (SSSR count). The zero-order valence-corrected chi connectivity index (χ0v) is 12.5. The molecule has 0 bridgehead atoms. The predicted octanol–water partition coefficient (Wildman–Crippen LogP) is 3.18. The summed E-state index contributed by atoms with van der Waals surface area (Å²) < 4.78 is 0. The lowest BCUT2D eigenvalue weighted by Crippen LogP contribution is -2.41. The Kier molecular flexibility index (Phi) is 5.46. The van der Waals surface area contributed by atoms with Crippen LogP contribution in [0.25, 0.3) is 0 Å². The Morgan fingerprint density at radius 2 is 1.82 bits per heavy atom. The monoisotopic (exact) mass is 240 g/mol. The van der Waals surface area contributed by atoms with Crippen molar-refractivity contribution in [1.82, 2.24) is 10.6 Å². The van der Waals surface area contributed by atoms with Gasteiger partial charge >= 0.3 is 0 Å². The van der Waals surface area contributed by atoms with Gasteiger partial charge in [0.15, 0.2) is 0 Å². The lowest BCUT2D eigenvalue weighted by molar-refractivity contribution is 0.129. The molecular formula is C15H32N2. The van der Waals surface area contributed by atoms with E-state index in [9.17, 15) is 0 Å². The van der Waals surface area contributed by atoms with E-state index in [1.54, 1.807) is 0 Å². The molecule has 1 heterocycles. The number of hydrogen-bond donors (Lipinski definition) is 2. The van der Waals surface area contributed by atoms with Crippen molar-refractivity contribution in [3.05, 3.63) is 0 Å². The van der Waals surface area contributed by atoms with E-state index in [1.165, 1.54) is 32.2 Å². The minimum atomic E-state index is 0.354. The summed E-state index contributed by atoms with van der Waals surface area (Å²) in [6, 6.07) is 0.758. The summed E-state index contributed by atoms with van der Waals surface area (Å²) in [5.74, 6) is 0. The molecule has 1 unspecified atom stereocenters. The largest absolute Gasteiger partial charge is 0.316 e. The van der Waals surface area contributed by atoms with Crippen LogP contribution >= 0.6 is 0 Å². The van der Waals surface area contributed by atoms with Gasteiger partial charge in [-0.05, 0) is 43.2 Å². The maximum atomic E-state index is 3.64. The topological polar surface area (TPSA) is 24.1 Å². The molecule has 0 radical (unpaired) electrons. The SMILES string of the molecule is CC(C)(C)C(C)(C)CNCCC1CCCCN1. The molecule has 2 N–H and O–H groups in total. The highest BCUT2D eigenvalue weighted by Gasteiger charge is 2.32. The maximum Gasteiger partial charge on any atom is 0.00791 e. The van der Waals surface area contributed by atoms with Crippen molar-refractivity contribution < 1.29 is 0 Å². The third-order valence-electron chi connectivity index (χ3n) is 4.68. The van der Waals surface area contributed by atoms with Crippen LogP contribution in [0, 0.1) is 10.8 Å². The van der Waals surface area contributed by atoms with Crippen LogP contribution in [0.4, 0.5) is 0 Å². The van der Waals surface area contributed by atoms with E-state index >= 15 is 0 Å². The van der Waals surface area contributed by atoms with Gasteiger partial charge in [-0.15, -0.1) is 0 Å². The highest BCUT2D eigenvalue weighted by molar-refractivity contribution is 4.84. The second kappa shape index (κ2) is 6.19. The summed E-state index contributed by atoms with van der Waals surface area (Å²) in [7, 11) is 0. The molecule has 0 amide bonds. The first-order valence-corrected chi connectivity index (χ1v) is 7.27. The first-order valence-electron chi connectivity index (χ1n) is 7.27. The van der Waals surface area contributed by atoms with Crippen LogP contribution in [-0.2, 0) is 0 Å². The molecule has 102 valence electrons. The van der Waals surface area contributed by atoms with E-state index in [2.05, 4.69) is 45.3 Å². The summed E-state index contributed by atoms with van der Waals surface area (Å²) in [5, 5.41) is 7.25. The van der Waals surface area contributed by atoms with Gasteiger partial charge in [-0.25, -0.2) is 0 Å². The van der Waals surface area contributed by atoms with Gasteiger partial charge in [-0.2, -0.15) is 0 Å². The van der Waals surface area contributed by atoms with E-state index in [0.29, 0.717) is 10.8 Å². The van der Waals surface area contributed by atoms with E-state index in [0.717, 1.165) is 19.1 Å². The summed E-state index contributed by atoms with van der Waals surface area (Å²) in [4.78, 5) is 0. The summed E-state index contributed by atoms with van der Waals surface area (Å²) in [6.45, 7) is 15.2. The molecule has 1 aliphatic rings. The van der Waals surface area contributed by atoms with E-state index < -0.39 is 0 Å². The summed E-state index contributed by atoms with van der Waals surface area (Å²) >= 11 is 0. The minimum Gasteiger partial charge on any atom is -0.316 e. The van der Waals surface area contributed by atoms with Crippen molar-refractivity contribution in [2.45, 2.75) is 66.3 Å². The standard InChI is InChI=1S/C15H32N2/c1-14(2,3)15(4,5)12-16-11-9-13-8-6-7-10-17-13/h13,16-17H,6-12H2,1-5H3. The van der Waals surface area contributed by atoms with Crippen LogP contribution in [0.2, 0.25) is 0 Å². The fraction of sp³-hybridized carbons (Fsp3) is 1.00. The van der Waals surface area contributed by atoms with Crippen molar-refractivity contribution in [2.75, 3.05) is 19.6 Å². The summed E-state index contributed by atoms with van der Waals surface area (Å²) in [6.07, 6.45) is 5.41. The van der Waals surface area contributed by atoms with Gasteiger partial charge in [0.2, 0.25) is 0 Å². The molecule has 2 heteroatoms. The average Bonchev–Trinajstić information content (AvgIpc) is 2.24. The minimum absolute atomic E-state index is 0.354.